The minimum Gasteiger partial charge on any atom is -0.364 e. The zero-order valence-electron chi connectivity index (χ0n) is 16.3. The molecule has 1 aliphatic heterocycles. The molecular weight excluding hydrogens is 429 g/mol. The fourth-order valence-electron chi connectivity index (χ4n) is 3.55. The van der Waals surface area contributed by atoms with Crippen LogP contribution in [0.1, 0.15) is 18.3 Å². The molecule has 4 rings (SSSR count). The number of nitrogens with zero attached hydrogens (tertiary/aromatic N) is 4. The Bertz CT molecular complexity index is 1180. The van der Waals surface area contributed by atoms with Gasteiger partial charge in [0.05, 0.1) is 16.3 Å². The lowest BCUT2D eigenvalue weighted by Gasteiger charge is -2.26. The zero-order valence-corrected chi connectivity index (χ0v) is 17.9. The van der Waals surface area contributed by atoms with Crippen LogP contribution in [0.3, 0.4) is 0 Å². The summed E-state index contributed by atoms with van der Waals surface area (Å²) in [6, 6.07) is 9.21. The van der Waals surface area contributed by atoms with Gasteiger partial charge in [-0.3, -0.25) is 0 Å². The van der Waals surface area contributed by atoms with Crippen LogP contribution in [0.25, 0.3) is 5.69 Å². The summed E-state index contributed by atoms with van der Waals surface area (Å²) in [5.74, 6) is -0.372. The van der Waals surface area contributed by atoms with E-state index in [4.69, 9.17) is 17.3 Å². The first kappa shape index (κ1) is 20.8. The van der Waals surface area contributed by atoms with Gasteiger partial charge in [0.25, 0.3) is 0 Å². The van der Waals surface area contributed by atoms with Gasteiger partial charge in [-0.2, -0.15) is 5.10 Å². The lowest BCUT2D eigenvalue weighted by atomic mass is 10.1. The quantitative estimate of drug-likeness (QED) is 0.658. The van der Waals surface area contributed by atoms with E-state index >= 15 is 0 Å². The van der Waals surface area contributed by atoms with Crippen molar-refractivity contribution in [3.8, 4) is 5.69 Å². The number of benzene rings is 2. The number of halogens is 2. The molecule has 0 radical (unpaired) electrons. The summed E-state index contributed by atoms with van der Waals surface area (Å²) >= 11 is 5.97. The first-order valence-corrected chi connectivity index (χ1v) is 11.5. The first-order valence-electron chi connectivity index (χ1n) is 9.49. The maximum Gasteiger partial charge on any atom is 0.182 e. The van der Waals surface area contributed by atoms with Crippen molar-refractivity contribution in [2.24, 2.45) is 5.73 Å². The smallest absolute Gasteiger partial charge is 0.182 e. The predicted molar refractivity (Wildman–Crippen MR) is 113 cm³/mol. The summed E-state index contributed by atoms with van der Waals surface area (Å²) in [6.45, 7) is 2.60. The average molecular weight is 450 g/mol. The number of sulfone groups is 1. The number of hydrogen-bond acceptors (Lipinski definition) is 6. The third-order valence-electron chi connectivity index (χ3n) is 4.98. The van der Waals surface area contributed by atoms with Crippen LogP contribution in [0.4, 0.5) is 10.1 Å². The minimum absolute atomic E-state index is 0.0681. The van der Waals surface area contributed by atoms with E-state index in [1.54, 1.807) is 12.1 Å². The highest BCUT2D eigenvalue weighted by Crippen LogP contribution is 2.34. The van der Waals surface area contributed by atoms with E-state index in [0.29, 0.717) is 36.0 Å². The molecule has 2 heterocycles. The Kier molecular flexibility index (Phi) is 5.52. The van der Waals surface area contributed by atoms with Crippen LogP contribution >= 0.6 is 11.6 Å². The van der Waals surface area contributed by atoms with Gasteiger partial charge in [0.1, 0.15) is 17.8 Å². The molecule has 1 atom stereocenters. The first-order chi connectivity index (χ1) is 14.3. The molecule has 2 aromatic carbocycles. The van der Waals surface area contributed by atoms with Crippen molar-refractivity contribution in [1.82, 2.24) is 14.8 Å². The average Bonchev–Trinajstić information content (AvgIpc) is 3.14. The van der Waals surface area contributed by atoms with Crippen molar-refractivity contribution in [2.75, 3.05) is 17.2 Å². The molecule has 158 valence electrons. The highest BCUT2D eigenvalue weighted by Gasteiger charge is 2.32. The van der Waals surface area contributed by atoms with Gasteiger partial charge in [-0.1, -0.05) is 30.7 Å². The number of aryl methyl sites for hydroxylation is 1. The number of anilines is 1. The minimum atomic E-state index is -3.75. The van der Waals surface area contributed by atoms with Crippen molar-refractivity contribution >= 4 is 27.1 Å². The summed E-state index contributed by atoms with van der Waals surface area (Å²) in [6.07, 6.45) is 2.02. The molecule has 30 heavy (non-hydrogen) atoms. The molecule has 0 unspecified atom stereocenters. The van der Waals surface area contributed by atoms with Crippen LogP contribution in [0.15, 0.2) is 47.6 Å². The molecule has 10 heteroatoms. The molecule has 7 nitrogen and oxygen atoms in total. The highest BCUT2D eigenvalue weighted by molar-refractivity contribution is 7.91. The van der Waals surface area contributed by atoms with Gasteiger partial charge in [-0.15, -0.1) is 0 Å². The van der Waals surface area contributed by atoms with Crippen molar-refractivity contribution in [2.45, 2.75) is 30.8 Å². The third kappa shape index (κ3) is 4.05. The van der Waals surface area contributed by atoms with E-state index in [2.05, 4.69) is 10.1 Å². The van der Waals surface area contributed by atoms with E-state index < -0.39 is 21.7 Å². The van der Waals surface area contributed by atoms with Crippen LogP contribution in [0, 0.1) is 5.82 Å². The zero-order chi connectivity index (χ0) is 21.5. The SMILES string of the molecule is CCc1ncn(-c2cc3c(cc2F)S(=O)(=O)C[C@H](N)CN3Cc2ccc(Cl)cc2)n1. The second kappa shape index (κ2) is 7.98. The standard InChI is InChI=1S/C20H21ClFN5O2S/c1-2-20-24-12-27(25-20)17-8-18-19(7-16(17)22)30(28,29)11-15(23)10-26(18)9-13-3-5-14(21)6-4-13/h3-8,12,15H,2,9-11,23H2,1H3/t15-/m1/s1. The number of nitrogens with two attached hydrogens (primary N) is 1. The summed E-state index contributed by atoms with van der Waals surface area (Å²) in [7, 11) is -3.75. The fourth-order valence-corrected chi connectivity index (χ4v) is 5.31. The van der Waals surface area contributed by atoms with Gasteiger partial charge in [-0.25, -0.2) is 22.5 Å². The van der Waals surface area contributed by atoms with E-state index in [1.165, 1.54) is 17.1 Å². The van der Waals surface area contributed by atoms with Crippen LogP contribution in [-0.4, -0.2) is 41.5 Å². The lowest BCUT2D eigenvalue weighted by molar-refractivity contribution is 0.584. The molecule has 0 bridgehead atoms. The summed E-state index contributed by atoms with van der Waals surface area (Å²) in [4.78, 5) is 5.93. The molecule has 0 saturated heterocycles. The van der Waals surface area contributed by atoms with Gasteiger partial charge < -0.3 is 10.6 Å². The largest absolute Gasteiger partial charge is 0.364 e. The molecule has 2 N–H and O–H groups in total. The van der Waals surface area contributed by atoms with Crippen LogP contribution in [0.5, 0.6) is 0 Å². The summed E-state index contributed by atoms with van der Waals surface area (Å²) in [5.41, 5.74) is 7.55. The Balaban J connectivity index is 1.84. The topological polar surface area (TPSA) is 94.1 Å². The maximum absolute atomic E-state index is 14.9. The molecule has 0 amide bonds. The van der Waals surface area contributed by atoms with Crippen LogP contribution in [-0.2, 0) is 22.8 Å². The van der Waals surface area contributed by atoms with E-state index in [-0.39, 0.29) is 16.3 Å². The molecule has 0 saturated carbocycles. The second-order valence-electron chi connectivity index (χ2n) is 7.28. The van der Waals surface area contributed by atoms with Gasteiger partial charge in [0.15, 0.2) is 15.7 Å². The normalized spacial score (nSPS) is 18.1. The lowest BCUT2D eigenvalue weighted by Crippen LogP contribution is -2.39. The monoisotopic (exact) mass is 449 g/mol. The van der Waals surface area contributed by atoms with Crippen molar-refractivity contribution in [1.29, 1.82) is 0 Å². The Morgan fingerprint density at radius 1 is 1.23 bits per heavy atom. The van der Waals surface area contributed by atoms with Gasteiger partial charge in [-0.05, 0) is 29.8 Å². The summed E-state index contributed by atoms with van der Waals surface area (Å²) in [5, 5.41) is 4.87. The van der Waals surface area contributed by atoms with Gasteiger partial charge in [0.2, 0.25) is 0 Å². The van der Waals surface area contributed by atoms with Gasteiger partial charge in [0, 0.05) is 30.6 Å². The van der Waals surface area contributed by atoms with Crippen LogP contribution in [0.2, 0.25) is 5.02 Å². The number of fused-ring (bicyclic) bond motifs is 1. The molecule has 0 fully saturated rings. The van der Waals surface area contributed by atoms with Crippen molar-refractivity contribution in [3.63, 3.8) is 0 Å². The van der Waals surface area contributed by atoms with E-state index in [9.17, 15) is 12.8 Å². The Labute approximate surface area is 179 Å². The maximum atomic E-state index is 14.9. The van der Waals surface area contributed by atoms with Crippen molar-refractivity contribution < 1.29 is 12.8 Å². The molecule has 3 aromatic rings. The highest BCUT2D eigenvalue weighted by atomic mass is 35.5. The van der Waals surface area contributed by atoms with E-state index in [1.807, 2.05) is 24.0 Å². The van der Waals surface area contributed by atoms with E-state index in [0.717, 1.165) is 11.6 Å². The van der Waals surface area contributed by atoms with Gasteiger partial charge >= 0.3 is 0 Å². The molecule has 0 aliphatic carbocycles. The number of rotatable bonds is 4. The molecular formula is C20H21ClFN5O2S. The summed E-state index contributed by atoms with van der Waals surface area (Å²) < 4.78 is 42.0. The molecule has 1 aliphatic rings. The Morgan fingerprint density at radius 3 is 2.63 bits per heavy atom. The predicted octanol–water partition coefficient (Wildman–Crippen LogP) is 2.74. The fraction of sp³-hybridized carbons (Fsp3) is 0.300. The van der Waals surface area contributed by atoms with Crippen LogP contribution < -0.4 is 10.6 Å². The third-order valence-corrected chi connectivity index (χ3v) is 7.10. The van der Waals surface area contributed by atoms with Crippen molar-refractivity contribution in [3.05, 3.63) is 65.0 Å². The molecule has 0 spiro atoms. The number of hydrogen-bond donors (Lipinski definition) is 1. The second-order valence-corrected chi connectivity index (χ2v) is 9.72. The Morgan fingerprint density at radius 2 is 1.97 bits per heavy atom. The number of aromatic nitrogens is 3. The molecule has 1 aromatic heterocycles. The Hall–Kier alpha value is -2.49.